The highest BCUT2D eigenvalue weighted by Gasteiger charge is 2.39. The fourth-order valence-corrected chi connectivity index (χ4v) is 3.07. The number of carbonyl (C=O) groups is 1. The van der Waals surface area contributed by atoms with Crippen molar-refractivity contribution in [3.63, 3.8) is 0 Å². The first-order valence-corrected chi connectivity index (χ1v) is 7.77. The minimum Gasteiger partial charge on any atom is -0.389 e. The van der Waals surface area contributed by atoms with E-state index in [1.54, 1.807) is 6.92 Å². The molecule has 2 rings (SSSR count). The summed E-state index contributed by atoms with van der Waals surface area (Å²) in [6.07, 6.45) is 2.06. The molecule has 1 aromatic rings. The van der Waals surface area contributed by atoms with E-state index >= 15 is 0 Å². The van der Waals surface area contributed by atoms with E-state index in [4.69, 9.17) is 17.3 Å². The van der Waals surface area contributed by atoms with Gasteiger partial charge in [0.05, 0.1) is 11.5 Å². The molecular weight excluding hydrogens is 288 g/mol. The molecule has 21 heavy (non-hydrogen) atoms. The summed E-state index contributed by atoms with van der Waals surface area (Å²) in [5, 5.41) is 11.3. The lowest BCUT2D eigenvalue weighted by Gasteiger charge is -2.40. The summed E-state index contributed by atoms with van der Waals surface area (Å²) in [6, 6.07) is 7.86. The largest absolute Gasteiger partial charge is 0.389 e. The fourth-order valence-electron chi connectivity index (χ4n) is 2.84. The number of aliphatic hydroxyl groups is 1. The first kappa shape index (κ1) is 16.3. The molecule has 0 bridgehead atoms. The van der Waals surface area contributed by atoms with Crippen molar-refractivity contribution < 1.29 is 9.90 Å². The van der Waals surface area contributed by atoms with E-state index in [0.29, 0.717) is 12.8 Å². The summed E-state index contributed by atoms with van der Waals surface area (Å²) in [6.45, 7) is 4.17. The molecule has 0 spiro atoms. The molecule has 1 aliphatic rings. The van der Waals surface area contributed by atoms with E-state index in [9.17, 15) is 9.90 Å². The van der Waals surface area contributed by atoms with Crippen molar-refractivity contribution in [1.82, 2.24) is 4.90 Å². The number of likely N-dealkylation sites (tertiary alicyclic amines) is 1. The molecule has 3 N–H and O–H groups in total. The number of hydrogen-bond donors (Lipinski definition) is 2. The van der Waals surface area contributed by atoms with Crippen molar-refractivity contribution in [3.05, 3.63) is 34.9 Å². The zero-order valence-corrected chi connectivity index (χ0v) is 13.1. The van der Waals surface area contributed by atoms with Crippen LogP contribution in [-0.4, -0.2) is 41.1 Å². The summed E-state index contributed by atoms with van der Waals surface area (Å²) >= 11 is 6.15. The van der Waals surface area contributed by atoms with Crippen molar-refractivity contribution in [2.45, 2.75) is 31.8 Å². The third-order valence-electron chi connectivity index (χ3n) is 4.61. The Bertz CT molecular complexity index is 499. The van der Waals surface area contributed by atoms with Crippen LogP contribution in [0.5, 0.6) is 0 Å². The highest BCUT2D eigenvalue weighted by Crippen LogP contribution is 2.30. The van der Waals surface area contributed by atoms with Gasteiger partial charge in [0.2, 0.25) is 5.91 Å². The first-order chi connectivity index (χ1) is 9.92. The van der Waals surface area contributed by atoms with Gasteiger partial charge in [-0.3, -0.25) is 4.79 Å². The third-order valence-corrected chi connectivity index (χ3v) is 4.98. The maximum Gasteiger partial charge on any atom is 0.223 e. The minimum atomic E-state index is -0.952. The second-order valence-corrected chi connectivity index (χ2v) is 6.32. The standard InChI is InChI=1S/C16H23ClN2O2/c1-12(15(18)20)16(21)7-10-19(11-8-16)9-6-13-4-2-3-5-14(13)17/h2-5,12,21H,6-11H2,1H3,(H2,18,20). The second kappa shape index (κ2) is 6.77. The molecule has 1 unspecified atom stereocenters. The second-order valence-electron chi connectivity index (χ2n) is 5.91. The monoisotopic (exact) mass is 310 g/mol. The van der Waals surface area contributed by atoms with Crippen LogP contribution in [0.2, 0.25) is 5.02 Å². The maximum atomic E-state index is 11.3. The number of benzene rings is 1. The van der Waals surface area contributed by atoms with Gasteiger partial charge in [-0.05, 0) is 30.9 Å². The Balaban J connectivity index is 1.85. The molecule has 1 atom stereocenters. The highest BCUT2D eigenvalue weighted by atomic mass is 35.5. The lowest BCUT2D eigenvalue weighted by atomic mass is 9.80. The number of primary amides is 1. The number of halogens is 1. The van der Waals surface area contributed by atoms with Crippen LogP contribution < -0.4 is 5.73 Å². The number of hydrogen-bond acceptors (Lipinski definition) is 3. The summed E-state index contributed by atoms with van der Waals surface area (Å²) < 4.78 is 0. The van der Waals surface area contributed by atoms with Gasteiger partial charge in [-0.2, -0.15) is 0 Å². The highest BCUT2D eigenvalue weighted by molar-refractivity contribution is 6.31. The van der Waals surface area contributed by atoms with Gasteiger partial charge in [0, 0.05) is 24.7 Å². The van der Waals surface area contributed by atoms with Crippen LogP contribution in [0.1, 0.15) is 25.3 Å². The normalized spacial score (nSPS) is 20.1. The molecule has 5 heteroatoms. The van der Waals surface area contributed by atoms with Crippen LogP contribution >= 0.6 is 11.6 Å². The summed E-state index contributed by atoms with van der Waals surface area (Å²) in [4.78, 5) is 13.6. The molecule has 116 valence electrons. The van der Waals surface area contributed by atoms with Gasteiger partial charge in [-0.1, -0.05) is 36.7 Å². The Morgan fingerprint density at radius 1 is 1.43 bits per heavy atom. The fraction of sp³-hybridized carbons (Fsp3) is 0.562. The Morgan fingerprint density at radius 3 is 2.62 bits per heavy atom. The van der Waals surface area contributed by atoms with E-state index in [2.05, 4.69) is 4.90 Å². The lowest BCUT2D eigenvalue weighted by molar-refractivity contribution is -0.134. The van der Waals surface area contributed by atoms with Gasteiger partial charge in [0.25, 0.3) is 0 Å². The Morgan fingerprint density at radius 2 is 2.05 bits per heavy atom. The number of rotatable bonds is 5. The number of carbonyl (C=O) groups excluding carboxylic acids is 1. The molecule has 1 fully saturated rings. The average Bonchev–Trinajstić information content (AvgIpc) is 2.47. The van der Waals surface area contributed by atoms with Crippen LogP contribution in [0.3, 0.4) is 0 Å². The van der Waals surface area contributed by atoms with E-state index in [-0.39, 0.29) is 0 Å². The van der Waals surface area contributed by atoms with Crippen molar-refractivity contribution >= 4 is 17.5 Å². The summed E-state index contributed by atoms with van der Waals surface area (Å²) in [5.74, 6) is -0.926. The smallest absolute Gasteiger partial charge is 0.223 e. The van der Waals surface area contributed by atoms with Crippen molar-refractivity contribution in [2.24, 2.45) is 11.7 Å². The third kappa shape index (κ3) is 3.96. The average molecular weight is 311 g/mol. The number of piperidine rings is 1. The predicted octanol–water partition coefficient (Wildman–Crippen LogP) is 1.83. The maximum absolute atomic E-state index is 11.3. The van der Waals surface area contributed by atoms with E-state index in [0.717, 1.165) is 36.6 Å². The van der Waals surface area contributed by atoms with Crippen LogP contribution in [-0.2, 0) is 11.2 Å². The molecule has 0 saturated carbocycles. The number of amides is 1. The zero-order valence-electron chi connectivity index (χ0n) is 12.4. The Labute approximate surface area is 130 Å². The Hall–Kier alpha value is -1.10. The Kier molecular flexibility index (Phi) is 5.25. The molecule has 0 aromatic heterocycles. The van der Waals surface area contributed by atoms with E-state index in [1.165, 1.54) is 0 Å². The summed E-state index contributed by atoms with van der Waals surface area (Å²) in [7, 11) is 0. The molecule has 1 aliphatic heterocycles. The van der Waals surface area contributed by atoms with Crippen LogP contribution in [0.15, 0.2) is 24.3 Å². The van der Waals surface area contributed by atoms with E-state index in [1.807, 2.05) is 24.3 Å². The summed E-state index contributed by atoms with van der Waals surface area (Å²) in [5.41, 5.74) is 5.50. The van der Waals surface area contributed by atoms with Gasteiger partial charge >= 0.3 is 0 Å². The number of nitrogens with two attached hydrogens (primary N) is 1. The van der Waals surface area contributed by atoms with Gasteiger partial charge in [-0.15, -0.1) is 0 Å². The van der Waals surface area contributed by atoms with Crippen LogP contribution in [0, 0.1) is 5.92 Å². The lowest BCUT2D eigenvalue weighted by Crippen LogP contribution is -2.51. The van der Waals surface area contributed by atoms with Crippen LogP contribution in [0.4, 0.5) is 0 Å². The molecule has 1 heterocycles. The first-order valence-electron chi connectivity index (χ1n) is 7.40. The van der Waals surface area contributed by atoms with Gasteiger partial charge in [-0.25, -0.2) is 0 Å². The van der Waals surface area contributed by atoms with Crippen molar-refractivity contribution in [1.29, 1.82) is 0 Å². The zero-order chi connectivity index (χ0) is 15.5. The topological polar surface area (TPSA) is 66.6 Å². The molecular formula is C16H23ClN2O2. The molecule has 1 saturated heterocycles. The molecule has 0 aliphatic carbocycles. The minimum absolute atomic E-state index is 0.429. The number of nitrogens with zero attached hydrogens (tertiary/aromatic N) is 1. The van der Waals surface area contributed by atoms with Gasteiger partial charge in [0.1, 0.15) is 0 Å². The molecule has 1 aromatic carbocycles. The van der Waals surface area contributed by atoms with Gasteiger partial charge < -0.3 is 15.7 Å². The molecule has 1 amide bonds. The van der Waals surface area contributed by atoms with Gasteiger partial charge in [0.15, 0.2) is 0 Å². The molecule has 4 nitrogen and oxygen atoms in total. The van der Waals surface area contributed by atoms with Crippen LogP contribution in [0.25, 0.3) is 0 Å². The molecule has 0 radical (unpaired) electrons. The SMILES string of the molecule is CC(C(N)=O)C1(O)CCN(CCc2ccccc2Cl)CC1. The predicted molar refractivity (Wildman–Crippen MR) is 84.1 cm³/mol. The quantitative estimate of drug-likeness (QED) is 0.872. The van der Waals surface area contributed by atoms with Crippen molar-refractivity contribution in [2.75, 3.05) is 19.6 Å². The van der Waals surface area contributed by atoms with E-state index < -0.39 is 17.4 Å². The van der Waals surface area contributed by atoms with Crippen molar-refractivity contribution in [3.8, 4) is 0 Å².